The summed E-state index contributed by atoms with van der Waals surface area (Å²) in [6.07, 6.45) is 2.51. The van der Waals surface area contributed by atoms with Gasteiger partial charge in [0.05, 0.1) is 30.5 Å². The average Bonchev–Trinajstić information content (AvgIpc) is 3.23. The molecule has 3 aliphatic heterocycles. The molecule has 1 aromatic heterocycles. The van der Waals surface area contributed by atoms with E-state index in [2.05, 4.69) is 15.2 Å². The molecule has 0 unspecified atom stereocenters. The molecule has 1 atom stereocenters. The molecule has 2 amide bonds. The minimum Gasteiger partial charge on any atom is -0.390 e. The van der Waals surface area contributed by atoms with Crippen LogP contribution in [0.5, 0.6) is 0 Å². The number of benzene rings is 1. The maximum atomic E-state index is 13.8. The second kappa shape index (κ2) is 9.32. The number of nitrogens with one attached hydrogen (secondary N) is 2. The summed E-state index contributed by atoms with van der Waals surface area (Å²) in [6, 6.07) is 4.19. The first kappa shape index (κ1) is 22.8. The number of halogens is 1. The van der Waals surface area contributed by atoms with E-state index in [-0.39, 0.29) is 18.4 Å². The Morgan fingerprint density at radius 2 is 2.00 bits per heavy atom. The van der Waals surface area contributed by atoms with Crippen molar-refractivity contribution in [3.8, 4) is 0 Å². The van der Waals surface area contributed by atoms with Crippen LogP contribution in [0, 0.1) is 12.7 Å². The number of anilines is 1. The zero-order valence-electron chi connectivity index (χ0n) is 19.2. The first-order chi connectivity index (χ1) is 16.4. The summed E-state index contributed by atoms with van der Waals surface area (Å²) in [5, 5.41) is 13.4. The molecular weight excluding hydrogens is 439 g/mol. The number of aromatic amines is 1. The highest BCUT2D eigenvalue weighted by atomic mass is 19.1. The van der Waals surface area contributed by atoms with Crippen molar-refractivity contribution in [3.63, 3.8) is 0 Å². The quantitative estimate of drug-likeness (QED) is 0.584. The third-order valence-corrected chi connectivity index (χ3v) is 6.78. The number of hydrogen-bond acceptors (Lipinski definition) is 5. The Morgan fingerprint density at radius 3 is 2.79 bits per heavy atom. The summed E-state index contributed by atoms with van der Waals surface area (Å²) < 4.78 is 19.2. The van der Waals surface area contributed by atoms with Crippen LogP contribution in [0.15, 0.2) is 18.2 Å². The highest BCUT2D eigenvalue weighted by molar-refractivity contribution is 6.34. The van der Waals surface area contributed by atoms with Crippen LogP contribution in [-0.4, -0.2) is 83.7 Å². The van der Waals surface area contributed by atoms with Crippen molar-refractivity contribution in [2.45, 2.75) is 25.9 Å². The maximum absolute atomic E-state index is 13.8. The van der Waals surface area contributed by atoms with Crippen molar-refractivity contribution in [2.24, 2.45) is 0 Å². The molecule has 0 saturated carbocycles. The number of morpholine rings is 1. The van der Waals surface area contributed by atoms with Gasteiger partial charge in [-0.15, -0.1) is 0 Å². The van der Waals surface area contributed by atoms with Gasteiger partial charge in [-0.1, -0.05) is 0 Å². The Morgan fingerprint density at radius 1 is 1.21 bits per heavy atom. The van der Waals surface area contributed by atoms with Crippen molar-refractivity contribution in [2.75, 3.05) is 51.3 Å². The third-order valence-electron chi connectivity index (χ3n) is 6.78. The van der Waals surface area contributed by atoms with Crippen LogP contribution >= 0.6 is 0 Å². The Balaban J connectivity index is 1.38. The highest BCUT2D eigenvalue weighted by Gasteiger charge is 2.30. The van der Waals surface area contributed by atoms with Crippen molar-refractivity contribution in [1.82, 2.24) is 14.8 Å². The number of fused-ring (bicyclic) bond motifs is 2. The molecule has 34 heavy (non-hydrogen) atoms. The van der Waals surface area contributed by atoms with E-state index in [0.717, 1.165) is 30.8 Å². The lowest BCUT2D eigenvalue weighted by molar-refractivity contribution is -0.110. The summed E-state index contributed by atoms with van der Waals surface area (Å²) in [5.74, 6) is -0.833. The van der Waals surface area contributed by atoms with E-state index in [1.165, 1.54) is 12.1 Å². The minimum absolute atomic E-state index is 0.116. The van der Waals surface area contributed by atoms with Gasteiger partial charge in [0.1, 0.15) is 5.82 Å². The number of carbonyl (C=O) groups excluding carboxylic acids is 2. The van der Waals surface area contributed by atoms with Crippen LogP contribution in [0.2, 0.25) is 0 Å². The Bertz CT molecular complexity index is 1150. The van der Waals surface area contributed by atoms with E-state index in [4.69, 9.17) is 4.74 Å². The smallest absolute Gasteiger partial charge is 0.256 e. The van der Waals surface area contributed by atoms with Crippen LogP contribution in [0.3, 0.4) is 0 Å². The molecule has 4 heterocycles. The minimum atomic E-state index is -0.641. The van der Waals surface area contributed by atoms with Gasteiger partial charge in [0, 0.05) is 55.4 Å². The molecule has 3 N–H and O–H groups in total. The van der Waals surface area contributed by atoms with E-state index >= 15 is 0 Å². The molecule has 5 rings (SSSR count). The Kier molecular flexibility index (Phi) is 6.24. The number of H-pyrrole nitrogens is 1. The maximum Gasteiger partial charge on any atom is 0.256 e. The largest absolute Gasteiger partial charge is 0.390 e. The van der Waals surface area contributed by atoms with Crippen LogP contribution in [-0.2, 0) is 16.0 Å². The first-order valence-corrected chi connectivity index (χ1v) is 11.7. The number of nitrogens with zero attached hydrogens (tertiary/aromatic N) is 2. The first-order valence-electron chi connectivity index (χ1n) is 11.7. The highest BCUT2D eigenvalue weighted by Crippen LogP contribution is 2.35. The normalized spacial score (nSPS) is 20.8. The number of hydrogen-bond donors (Lipinski definition) is 3. The molecule has 8 nitrogen and oxygen atoms in total. The lowest BCUT2D eigenvalue weighted by Gasteiger charge is -2.31. The van der Waals surface area contributed by atoms with Gasteiger partial charge in [0.15, 0.2) is 0 Å². The number of amides is 2. The number of rotatable bonds is 5. The zero-order valence-corrected chi connectivity index (χ0v) is 19.2. The van der Waals surface area contributed by atoms with E-state index in [1.807, 2.05) is 6.92 Å². The lowest BCUT2D eigenvalue weighted by atomic mass is 10.0. The third kappa shape index (κ3) is 4.38. The van der Waals surface area contributed by atoms with Crippen LogP contribution in [0.4, 0.5) is 10.1 Å². The van der Waals surface area contributed by atoms with Crippen molar-refractivity contribution < 1.29 is 23.8 Å². The zero-order chi connectivity index (χ0) is 23.8. The fraction of sp³-hybridized carbons (Fsp3) is 0.440. The Hall–Kier alpha value is -3.01. The predicted molar refractivity (Wildman–Crippen MR) is 126 cm³/mol. The van der Waals surface area contributed by atoms with Crippen LogP contribution < -0.4 is 5.32 Å². The summed E-state index contributed by atoms with van der Waals surface area (Å²) in [5.41, 5.74) is 4.28. The van der Waals surface area contributed by atoms with Crippen molar-refractivity contribution in [3.05, 3.63) is 52.1 Å². The van der Waals surface area contributed by atoms with Gasteiger partial charge in [-0.05, 0) is 49.6 Å². The lowest BCUT2D eigenvalue weighted by Crippen LogP contribution is -2.46. The van der Waals surface area contributed by atoms with Crippen molar-refractivity contribution in [1.29, 1.82) is 0 Å². The van der Waals surface area contributed by atoms with Gasteiger partial charge in [-0.2, -0.15) is 0 Å². The molecule has 1 fully saturated rings. The van der Waals surface area contributed by atoms with E-state index < -0.39 is 11.9 Å². The van der Waals surface area contributed by atoms with Gasteiger partial charge in [0.25, 0.3) is 11.8 Å². The standard InChI is InChI=1S/C25H29FN4O4/c1-15-22(12-19-18-11-16(26)4-5-20(18)28-24(19)32)27-21-3-2-6-30(25(33)23(15)21)14-17(31)13-29-7-9-34-10-8-29/h4-5,11-12,17,27,31H,2-3,6-10,13-14H2,1H3,(H,28,32)/b19-12-/t17-/m0/s1. The number of ether oxygens (including phenoxy) is 1. The predicted octanol–water partition coefficient (Wildman–Crippen LogP) is 2.04. The molecule has 2 aromatic rings. The molecule has 0 bridgehead atoms. The summed E-state index contributed by atoms with van der Waals surface area (Å²) in [7, 11) is 0. The number of carbonyl (C=O) groups is 2. The topological polar surface area (TPSA) is 97.9 Å². The number of aliphatic hydroxyl groups is 1. The van der Waals surface area contributed by atoms with Gasteiger partial charge >= 0.3 is 0 Å². The SMILES string of the molecule is Cc1c(/C=C2\C(=O)Nc3ccc(F)cc32)[nH]c2c1C(=O)N(C[C@@H](O)CN1CCOCC1)CCC2. The molecular formula is C25H29FN4O4. The van der Waals surface area contributed by atoms with E-state index in [9.17, 15) is 19.1 Å². The van der Waals surface area contributed by atoms with Crippen LogP contribution in [0.25, 0.3) is 11.6 Å². The van der Waals surface area contributed by atoms with Crippen LogP contribution in [0.1, 0.15) is 39.3 Å². The molecule has 1 aromatic carbocycles. The molecule has 3 aliphatic rings. The molecule has 0 spiro atoms. The average molecular weight is 469 g/mol. The molecule has 0 aliphatic carbocycles. The fourth-order valence-corrected chi connectivity index (χ4v) is 5.02. The number of aryl methyl sites for hydroxylation is 1. The van der Waals surface area contributed by atoms with Gasteiger partial charge < -0.3 is 25.0 Å². The van der Waals surface area contributed by atoms with Gasteiger partial charge in [-0.3, -0.25) is 14.5 Å². The number of aromatic nitrogens is 1. The van der Waals surface area contributed by atoms with Gasteiger partial charge in [0.2, 0.25) is 0 Å². The Labute approximate surface area is 197 Å². The second-order valence-electron chi connectivity index (χ2n) is 9.14. The van der Waals surface area contributed by atoms with Gasteiger partial charge in [-0.25, -0.2) is 4.39 Å². The van der Waals surface area contributed by atoms with E-state index in [1.54, 1.807) is 17.0 Å². The monoisotopic (exact) mass is 468 g/mol. The number of β-amino-alcohol motifs (C(OH)–C–C–N with tert-alkyl or cyclic N) is 1. The molecule has 9 heteroatoms. The fourth-order valence-electron chi connectivity index (χ4n) is 5.02. The van der Waals surface area contributed by atoms with E-state index in [0.29, 0.717) is 60.8 Å². The second-order valence-corrected chi connectivity index (χ2v) is 9.14. The molecule has 1 saturated heterocycles. The summed E-state index contributed by atoms with van der Waals surface area (Å²) >= 11 is 0. The molecule has 0 radical (unpaired) electrons. The summed E-state index contributed by atoms with van der Waals surface area (Å²) in [4.78, 5) is 33.2. The summed E-state index contributed by atoms with van der Waals surface area (Å²) in [6.45, 7) is 6.10. The molecule has 180 valence electrons. The number of aliphatic hydroxyl groups excluding tert-OH is 1. The van der Waals surface area contributed by atoms with Crippen molar-refractivity contribution >= 4 is 29.2 Å².